The molecule has 1 N–H and O–H groups in total. The largest absolute Gasteiger partial charge is 0.487 e. The number of hydrogen-bond donors (Lipinski definition) is 1. The van der Waals surface area contributed by atoms with E-state index in [0.29, 0.717) is 12.3 Å². The number of aliphatic hydroxyl groups is 1. The zero-order valence-electron chi connectivity index (χ0n) is 13.2. The summed E-state index contributed by atoms with van der Waals surface area (Å²) in [6.45, 7) is 4.18. The fraction of sp³-hybridized carbons (Fsp3) is 0.222. The SMILES string of the molecule is Cc1ccc(OCc2c(CO)nnn2-c2cccc(C)c2)cc1. The Labute approximate surface area is 135 Å². The topological polar surface area (TPSA) is 60.2 Å². The molecule has 0 unspecified atom stereocenters. The summed E-state index contributed by atoms with van der Waals surface area (Å²) in [5, 5.41) is 17.7. The van der Waals surface area contributed by atoms with Crippen molar-refractivity contribution in [3.8, 4) is 11.4 Å². The van der Waals surface area contributed by atoms with Crippen molar-refractivity contribution < 1.29 is 9.84 Å². The molecule has 23 heavy (non-hydrogen) atoms. The Kier molecular flexibility index (Phi) is 4.39. The van der Waals surface area contributed by atoms with Crippen molar-refractivity contribution in [2.75, 3.05) is 0 Å². The van der Waals surface area contributed by atoms with Crippen LogP contribution >= 0.6 is 0 Å². The number of rotatable bonds is 5. The summed E-state index contributed by atoms with van der Waals surface area (Å²) in [6, 6.07) is 15.8. The second kappa shape index (κ2) is 6.62. The van der Waals surface area contributed by atoms with Gasteiger partial charge in [0.15, 0.2) is 0 Å². The first-order valence-corrected chi connectivity index (χ1v) is 7.48. The van der Waals surface area contributed by atoms with E-state index >= 15 is 0 Å². The van der Waals surface area contributed by atoms with Crippen LogP contribution in [0.4, 0.5) is 0 Å². The zero-order valence-corrected chi connectivity index (χ0v) is 13.2. The van der Waals surface area contributed by atoms with Gasteiger partial charge in [-0.1, -0.05) is 35.0 Å². The minimum Gasteiger partial charge on any atom is -0.487 e. The molecular weight excluding hydrogens is 290 g/mol. The highest BCUT2D eigenvalue weighted by atomic mass is 16.5. The van der Waals surface area contributed by atoms with E-state index in [4.69, 9.17) is 4.74 Å². The molecule has 1 heterocycles. The summed E-state index contributed by atoms with van der Waals surface area (Å²) in [4.78, 5) is 0. The number of nitrogens with zero attached hydrogens (tertiary/aromatic N) is 3. The average Bonchev–Trinajstić information content (AvgIpc) is 2.97. The molecular formula is C18H19N3O2. The van der Waals surface area contributed by atoms with E-state index in [2.05, 4.69) is 10.3 Å². The fourth-order valence-electron chi connectivity index (χ4n) is 2.35. The Morgan fingerprint density at radius 2 is 1.83 bits per heavy atom. The maximum atomic E-state index is 9.50. The first-order chi connectivity index (χ1) is 11.2. The highest BCUT2D eigenvalue weighted by Gasteiger charge is 2.14. The monoisotopic (exact) mass is 309 g/mol. The molecule has 0 fully saturated rings. The third kappa shape index (κ3) is 3.40. The van der Waals surface area contributed by atoms with Crippen molar-refractivity contribution >= 4 is 0 Å². The van der Waals surface area contributed by atoms with Crippen LogP contribution in [0.3, 0.4) is 0 Å². The summed E-state index contributed by atoms with van der Waals surface area (Å²) in [5.74, 6) is 0.775. The number of aryl methyl sites for hydroxylation is 2. The summed E-state index contributed by atoms with van der Waals surface area (Å²) >= 11 is 0. The Morgan fingerprint density at radius 3 is 2.52 bits per heavy atom. The van der Waals surface area contributed by atoms with Gasteiger partial charge in [0, 0.05) is 0 Å². The van der Waals surface area contributed by atoms with E-state index in [1.54, 1.807) is 4.68 Å². The smallest absolute Gasteiger partial charge is 0.132 e. The second-order valence-electron chi connectivity index (χ2n) is 5.49. The summed E-state index contributed by atoms with van der Waals surface area (Å²) in [5.41, 5.74) is 4.49. The maximum Gasteiger partial charge on any atom is 0.132 e. The molecule has 0 atom stereocenters. The van der Waals surface area contributed by atoms with Crippen LogP contribution in [0.1, 0.15) is 22.5 Å². The van der Waals surface area contributed by atoms with E-state index in [9.17, 15) is 5.11 Å². The predicted octanol–water partition coefficient (Wildman–Crippen LogP) is 2.96. The molecule has 5 nitrogen and oxygen atoms in total. The lowest BCUT2D eigenvalue weighted by Gasteiger charge is -2.10. The van der Waals surface area contributed by atoms with Crippen molar-refractivity contribution in [1.29, 1.82) is 0 Å². The molecule has 0 spiro atoms. The highest BCUT2D eigenvalue weighted by Crippen LogP contribution is 2.18. The lowest BCUT2D eigenvalue weighted by atomic mass is 10.2. The Balaban J connectivity index is 1.88. The van der Waals surface area contributed by atoms with Gasteiger partial charge >= 0.3 is 0 Å². The quantitative estimate of drug-likeness (QED) is 0.787. The van der Waals surface area contributed by atoms with Crippen LogP contribution in [-0.4, -0.2) is 20.1 Å². The van der Waals surface area contributed by atoms with Crippen LogP contribution in [-0.2, 0) is 13.2 Å². The van der Waals surface area contributed by atoms with Gasteiger partial charge in [-0.3, -0.25) is 0 Å². The minimum atomic E-state index is -0.168. The first kappa shape index (κ1) is 15.2. The Bertz CT molecular complexity index is 794. The van der Waals surface area contributed by atoms with Crippen LogP contribution in [0, 0.1) is 13.8 Å². The predicted molar refractivity (Wildman–Crippen MR) is 87.5 cm³/mol. The van der Waals surface area contributed by atoms with E-state index < -0.39 is 0 Å². The second-order valence-corrected chi connectivity index (χ2v) is 5.49. The molecule has 0 aliphatic heterocycles. The van der Waals surface area contributed by atoms with Gasteiger partial charge in [0.1, 0.15) is 23.7 Å². The summed E-state index contributed by atoms with van der Waals surface area (Å²) < 4.78 is 7.54. The molecule has 0 aliphatic carbocycles. The van der Waals surface area contributed by atoms with E-state index in [-0.39, 0.29) is 6.61 Å². The van der Waals surface area contributed by atoms with Crippen LogP contribution in [0.15, 0.2) is 48.5 Å². The maximum absolute atomic E-state index is 9.50. The molecule has 5 heteroatoms. The van der Waals surface area contributed by atoms with Crippen molar-refractivity contribution in [3.63, 3.8) is 0 Å². The minimum absolute atomic E-state index is 0.168. The van der Waals surface area contributed by atoms with E-state index in [1.807, 2.05) is 62.4 Å². The molecule has 118 valence electrons. The van der Waals surface area contributed by atoms with Crippen molar-refractivity contribution in [2.24, 2.45) is 0 Å². The molecule has 3 aromatic rings. The molecule has 0 radical (unpaired) electrons. The van der Waals surface area contributed by atoms with Gasteiger partial charge < -0.3 is 9.84 Å². The number of ether oxygens (including phenoxy) is 1. The van der Waals surface area contributed by atoms with Crippen LogP contribution in [0.5, 0.6) is 5.75 Å². The molecule has 1 aromatic heterocycles. The Hall–Kier alpha value is -2.66. The van der Waals surface area contributed by atoms with Crippen molar-refractivity contribution in [1.82, 2.24) is 15.0 Å². The van der Waals surface area contributed by atoms with Crippen molar-refractivity contribution in [3.05, 3.63) is 71.0 Å². The van der Waals surface area contributed by atoms with Gasteiger partial charge in [-0.25, -0.2) is 4.68 Å². The normalized spacial score (nSPS) is 10.7. The van der Waals surface area contributed by atoms with Crippen LogP contribution < -0.4 is 4.74 Å². The average molecular weight is 309 g/mol. The van der Waals surface area contributed by atoms with E-state index in [0.717, 1.165) is 22.7 Å². The molecule has 0 bridgehead atoms. The molecule has 0 aliphatic rings. The van der Waals surface area contributed by atoms with Gasteiger partial charge in [-0.05, 0) is 43.7 Å². The van der Waals surface area contributed by atoms with Crippen LogP contribution in [0.2, 0.25) is 0 Å². The molecule has 0 saturated heterocycles. The summed E-state index contributed by atoms with van der Waals surface area (Å²) in [6.07, 6.45) is 0. The first-order valence-electron chi connectivity index (χ1n) is 7.48. The fourth-order valence-corrected chi connectivity index (χ4v) is 2.35. The van der Waals surface area contributed by atoms with Crippen LogP contribution in [0.25, 0.3) is 5.69 Å². The molecule has 2 aromatic carbocycles. The number of aliphatic hydroxyl groups excluding tert-OH is 1. The van der Waals surface area contributed by atoms with Gasteiger partial charge in [0.25, 0.3) is 0 Å². The molecule has 3 rings (SSSR count). The number of benzene rings is 2. The third-order valence-corrected chi connectivity index (χ3v) is 3.64. The van der Waals surface area contributed by atoms with Gasteiger partial charge in [0.05, 0.1) is 12.3 Å². The van der Waals surface area contributed by atoms with E-state index in [1.165, 1.54) is 5.56 Å². The molecule has 0 amide bonds. The van der Waals surface area contributed by atoms with Crippen molar-refractivity contribution in [2.45, 2.75) is 27.1 Å². The lowest BCUT2D eigenvalue weighted by Crippen LogP contribution is -2.08. The standard InChI is InChI=1S/C18H19N3O2/c1-13-6-8-16(9-7-13)23-12-18-17(11-22)19-20-21(18)15-5-3-4-14(2)10-15/h3-10,22H,11-12H2,1-2H3. The van der Waals surface area contributed by atoms with Gasteiger partial charge in [0.2, 0.25) is 0 Å². The Morgan fingerprint density at radius 1 is 1.04 bits per heavy atom. The number of aromatic nitrogens is 3. The lowest BCUT2D eigenvalue weighted by molar-refractivity contribution is 0.263. The third-order valence-electron chi connectivity index (χ3n) is 3.64. The molecule has 0 saturated carbocycles. The highest BCUT2D eigenvalue weighted by molar-refractivity contribution is 5.36. The number of hydrogen-bond acceptors (Lipinski definition) is 4. The van der Waals surface area contributed by atoms with Gasteiger partial charge in [-0.15, -0.1) is 5.10 Å². The summed E-state index contributed by atoms with van der Waals surface area (Å²) in [7, 11) is 0. The van der Waals surface area contributed by atoms with Gasteiger partial charge in [-0.2, -0.15) is 0 Å². The zero-order chi connectivity index (χ0) is 16.2.